The van der Waals surface area contributed by atoms with Crippen molar-refractivity contribution in [3.05, 3.63) is 42.0 Å². The van der Waals surface area contributed by atoms with Gasteiger partial charge in [-0.25, -0.2) is 9.37 Å². The summed E-state index contributed by atoms with van der Waals surface area (Å²) in [7, 11) is 1.64. The molecule has 0 aliphatic rings. The molecule has 1 heterocycles. The molecule has 18 heavy (non-hydrogen) atoms. The van der Waals surface area contributed by atoms with Gasteiger partial charge in [0.05, 0.1) is 12.3 Å². The molecule has 0 unspecified atom stereocenters. The van der Waals surface area contributed by atoms with E-state index in [1.54, 1.807) is 19.5 Å². The van der Waals surface area contributed by atoms with Crippen molar-refractivity contribution in [3.63, 3.8) is 0 Å². The van der Waals surface area contributed by atoms with Crippen LogP contribution in [0.3, 0.4) is 0 Å². The van der Waals surface area contributed by atoms with Crippen molar-refractivity contribution < 1.29 is 9.13 Å². The maximum Gasteiger partial charge on any atom is 0.207 e. The van der Waals surface area contributed by atoms with Crippen molar-refractivity contribution in [2.75, 3.05) is 25.6 Å². The summed E-state index contributed by atoms with van der Waals surface area (Å²) in [5.74, 6) is 0.429. The Morgan fingerprint density at radius 1 is 1.39 bits per heavy atom. The number of imidazole rings is 1. The fraction of sp³-hybridized carbons (Fsp3) is 0.308. The Morgan fingerprint density at radius 3 is 2.94 bits per heavy atom. The van der Waals surface area contributed by atoms with Crippen molar-refractivity contribution in [1.82, 2.24) is 9.55 Å². The smallest absolute Gasteiger partial charge is 0.207 e. The average molecular weight is 249 g/mol. The molecule has 2 rings (SSSR count). The number of benzene rings is 1. The van der Waals surface area contributed by atoms with Crippen LogP contribution in [0.1, 0.15) is 5.56 Å². The van der Waals surface area contributed by atoms with Crippen molar-refractivity contribution >= 4 is 5.95 Å². The number of rotatable bonds is 5. The van der Waals surface area contributed by atoms with E-state index in [9.17, 15) is 4.39 Å². The van der Waals surface area contributed by atoms with Crippen LogP contribution in [0.5, 0.6) is 0 Å². The van der Waals surface area contributed by atoms with Crippen LogP contribution in [0.15, 0.2) is 30.6 Å². The Bertz CT molecular complexity index is 504. The summed E-state index contributed by atoms with van der Waals surface area (Å²) >= 11 is 0. The van der Waals surface area contributed by atoms with E-state index in [-0.39, 0.29) is 5.82 Å². The molecule has 0 aliphatic heterocycles. The SMILES string of the molecule is COCCNc1nccn1-c1cc(C)cc(F)c1. The summed E-state index contributed by atoms with van der Waals surface area (Å²) in [5, 5.41) is 3.14. The first-order valence-corrected chi connectivity index (χ1v) is 5.74. The summed E-state index contributed by atoms with van der Waals surface area (Å²) in [4.78, 5) is 4.20. The summed E-state index contributed by atoms with van der Waals surface area (Å²) < 4.78 is 20.2. The van der Waals surface area contributed by atoms with Crippen molar-refractivity contribution in [3.8, 4) is 5.69 Å². The van der Waals surface area contributed by atoms with Gasteiger partial charge < -0.3 is 10.1 Å². The monoisotopic (exact) mass is 249 g/mol. The highest BCUT2D eigenvalue weighted by atomic mass is 19.1. The third kappa shape index (κ3) is 2.87. The molecule has 2 aromatic rings. The lowest BCUT2D eigenvalue weighted by molar-refractivity contribution is 0.210. The first kappa shape index (κ1) is 12.6. The van der Waals surface area contributed by atoms with Crippen LogP contribution < -0.4 is 5.32 Å². The Kier molecular flexibility index (Phi) is 3.94. The minimum atomic E-state index is -0.249. The first-order valence-electron chi connectivity index (χ1n) is 5.74. The molecule has 1 aromatic heterocycles. The molecule has 0 saturated heterocycles. The highest BCUT2D eigenvalue weighted by Gasteiger charge is 2.06. The molecule has 1 aromatic carbocycles. The minimum absolute atomic E-state index is 0.249. The van der Waals surface area contributed by atoms with Gasteiger partial charge in [-0.3, -0.25) is 4.57 Å². The van der Waals surface area contributed by atoms with E-state index in [2.05, 4.69) is 10.3 Å². The normalized spacial score (nSPS) is 10.6. The zero-order valence-corrected chi connectivity index (χ0v) is 10.5. The number of hydrogen-bond acceptors (Lipinski definition) is 3. The van der Waals surface area contributed by atoms with E-state index < -0.39 is 0 Å². The molecule has 0 aliphatic carbocycles. The zero-order chi connectivity index (χ0) is 13.0. The van der Waals surface area contributed by atoms with Crippen LogP contribution in [0.2, 0.25) is 0 Å². The first-order chi connectivity index (χ1) is 8.70. The highest BCUT2D eigenvalue weighted by Crippen LogP contribution is 2.17. The van der Waals surface area contributed by atoms with Crippen LogP contribution in [-0.4, -0.2) is 29.8 Å². The number of methoxy groups -OCH3 is 1. The van der Waals surface area contributed by atoms with Crippen LogP contribution in [0.4, 0.5) is 10.3 Å². The molecule has 0 saturated carbocycles. The molecule has 0 amide bonds. The van der Waals surface area contributed by atoms with Crippen molar-refractivity contribution in [2.45, 2.75) is 6.92 Å². The van der Waals surface area contributed by atoms with Gasteiger partial charge >= 0.3 is 0 Å². The fourth-order valence-corrected chi connectivity index (χ4v) is 1.76. The third-order valence-electron chi connectivity index (χ3n) is 2.54. The van der Waals surface area contributed by atoms with Gasteiger partial charge in [0.1, 0.15) is 5.82 Å². The number of halogens is 1. The van der Waals surface area contributed by atoms with Crippen molar-refractivity contribution in [2.24, 2.45) is 0 Å². The number of nitrogens with zero attached hydrogens (tertiary/aromatic N) is 2. The number of nitrogens with one attached hydrogen (secondary N) is 1. The number of aryl methyl sites for hydroxylation is 1. The minimum Gasteiger partial charge on any atom is -0.383 e. The standard InChI is InChI=1S/C13H16FN3O/c1-10-7-11(14)9-12(8-10)17-5-3-15-13(17)16-4-6-18-2/h3,5,7-9H,4,6H2,1-2H3,(H,15,16). The molecule has 0 atom stereocenters. The number of anilines is 1. The molecule has 0 spiro atoms. The Labute approximate surface area is 105 Å². The van der Waals surface area contributed by atoms with E-state index in [1.165, 1.54) is 12.1 Å². The molecule has 0 fully saturated rings. The highest BCUT2D eigenvalue weighted by molar-refractivity contribution is 5.43. The Hall–Kier alpha value is -1.88. The number of hydrogen-bond donors (Lipinski definition) is 1. The van der Waals surface area contributed by atoms with Gasteiger partial charge in [0.25, 0.3) is 0 Å². The van der Waals surface area contributed by atoms with Gasteiger partial charge in [-0.1, -0.05) is 0 Å². The van der Waals surface area contributed by atoms with Gasteiger partial charge in [0, 0.05) is 26.0 Å². The number of aromatic nitrogens is 2. The van der Waals surface area contributed by atoms with E-state index in [0.29, 0.717) is 19.1 Å². The van der Waals surface area contributed by atoms with Crippen molar-refractivity contribution in [1.29, 1.82) is 0 Å². The maximum absolute atomic E-state index is 13.4. The van der Waals surface area contributed by atoms with Gasteiger partial charge in [0.2, 0.25) is 5.95 Å². The predicted molar refractivity (Wildman–Crippen MR) is 68.6 cm³/mol. The second-order valence-electron chi connectivity index (χ2n) is 4.03. The lowest BCUT2D eigenvalue weighted by Gasteiger charge is -2.10. The van der Waals surface area contributed by atoms with E-state index in [0.717, 1.165) is 11.3 Å². The van der Waals surface area contributed by atoms with E-state index >= 15 is 0 Å². The van der Waals surface area contributed by atoms with E-state index in [4.69, 9.17) is 4.74 Å². The average Bonchev–Trinajstić information content (AvgIpc) is 2.76. The van der Waals surface area contributed by atoms with Gasteiger partial charge in [-0.2, -0.15) is 0 Å². The molecule has 96 valence electrons. The van der Waals surface area contributed by atoms with Gasteiger partial charge in [-0.05, 0) is 30.7 Å². The Balaban J connectivity index is 2.24. The summed E-state index contributed by atoms with van der Waals surface area (Å²) in [5.41, 5.74) is 1.63. The molecular formula is C13H16FN3O. The topological polar surface area (TPSA) is 39.1 Å². The zero-order valence-electron chi connectivity index (χ0n) is 10.5. The lowest BCUT2D eigenvalue weighted by atomic mass is 10.2. The van der Waals surface area contributed by atoms with Crippen LogP contribution in [0.25, 0.3) is 5.69 Å². The van der Waals surface area contributed by atoms with Crippen LogP contribution in [-0.2, 0) is 4.74 Å². The second-order valence-corrected chi connectivity index (χ2v) is 4.03. The third-order valence-corrected chi connectivity index (χ3v) is 2.54. The second kappa shape index (κ2) is 5.64. The van der Waals surface area contributed by atoms with Gasteiger partial charge in [0.15, 0.2) is 0 Å². The van der Waals surface area contributed by atoms with Crippen LogP contribution >= 0.6 is 0 Å². The molecule has 0 bridgehead atoms. The summed E-state index contributed by atoms with van der Waals surface area (Å²) in [6.45, 7) is 3.11. The fourth-order valence-electron chi connectivity index (χ4n) is 1.76. The van der Waals surface area contributed by atoms with Crippen LogP contribution in [0, 0.1) is 12.7 Å². The van der Waals surface area contributed by atoms with E-state index in [1.807, 2.05) is 17.6 Å². The molecule has 0 radical (unpaired) electrons. The molecule has 5 heteroatoms. The molecule has 4 nitrogen and oxygen atoms in total. The Morgan fingerprint density at radius 2 is 2.22 bits per heavy atom. The summed E-state index contributed by atoms with van der Waals surface area (Å²) in [6, 6.07) is 4.89. The number of ether oxygens (including phenoxy) is 1. The lowest BCUT2D eigenvalue weighted by Crippen LogP contribution is -2.11. The quantitative estimate of drug-likeness (QED) is 0.827. The molecule has 1 N–H and O–H groups in total. The van der Waals surface area contributed by atoms with Gasteiger partial charge in [-0.15, -0.1) is 0 Å². The largest absolute Gasteiger partial charge is 0.383 e. The maximum atomic E-state index is 13.4. The predicted octanol–water partition coefficient (Wildman–Crippen LogP) is 2.38. The molecular weight excluding hydrogens is 233 g/mol. The summed E-state index contributed by atoms with van der Waals surface area (Å²) in [6.07, 6.45) is 3.47.